The third kappa shape index (κ3) is 3.77. The predicted octanol–water partition coefficient (Wildman–Crippen LogP) is 2.72. The minimum atomic E-state index is 0.312. The Labute approximate surface area is 114 Å². The summed E-state index contributed by atoms with van der Waals surface area (Å²) >= 11 is 0. The largest absolute Gasteiger partial charge is 0.493 e. The Morgan fingerprint density at radius 2 is 2.00 bits per heavy atom. The number of unbranched alkanes of at least 4 members (excludes halogenated alkanes) is 2. The summed E-state index contributed by atoms with van der Waals surface area (Å²) in [5, 5.41) is 3.52. The zero-order valence-electron chi connectivity index (χ0n) is 11.2. The van der Waals surface area contributed by atoms with E-state index in [-0.39, 0.29) is 0 Å². The van der Waals surface area contributed by atoms with Crippen LogP contribution in [0.4, 0.5) is 0 Å². The van der Waals surface area contributed by atoms with Crippen LogP contribution in [0.1, 0.15) is 32.1 Å². The molecule has 0 bridgehead atoms. The topological polar surface area (TPSA) is 39.7 Å². The van der Waals surface area contributed by atoms with Crippen LogP contribution in [0.2, 0.25) is 0 Å². The van der Waals surface area contributed by atoms with Crippen molar-refractivity contribution in [2.45, 2.75) is 38.1 Å². The van der Waals surface area contributed by atoms with Crippen molar-refractivity contribution in [2.75, 3.05) is 19.9 Å². The first-order chi connectivity index (χ1) is 9.42. The number of benzene rings is 1. The molecule has 0 amide bonds. The smallest absolute Gasteiger partial charge is 0.231 e. The van der Waals surface area contributed by atoms with E-state index < -0.39 is 0 Å². The van der Waals surface area contributed by atoms with Crippen LogP contribution in [-0.2, 0) is 0 Å². The van der Waals surface area contributed by atoms with Crippen LogP contribution in [0.5, 0.6) is 17.2 Å². The summed E-state index contributed by atoms with van der Waals surface area (Å²) in [6, 6.07) is 6.56. The van der Waals surface area contributed by atoms with Crippen LogP contribution in [0.15, 0.2) is 18.2 Å². The van der Waals surface area contributed by atoms with Crippen LogP contribution in [0.3, 0.4) is 0 Å². The Hall–Kier alpha value is -1.42. The lowest BCUT2D eigenvalue weighted by Crippen LogP contribution is -2.17. The van der Waals surface area contributed by atoms with E-state index in [1.54, 1.807) is 0 Å². The molecule has 0 saturated heterocycles. The average Bonchev–Trinajstić information content (AvgIpc) is 3.13. The molecule has 0 unspecified atom stereocenters. The van der Waals surface area contributed by atoms with Crippen molar-refractivity contribution < 1.29 is 14.2 Å². The summed E-state index contributed by atoms with van der Waals surface area (Å²) in [5.74, 6) is 2.45. The van der Waals surface area contributed by atoms with E-state index >= 15 is 0 Å². The van der Waals surface area contributed by atoms with E-state index in [1.807, 2.05) is 18.2 Å². The van der Waals surface area contributed by atoms with E-state index in [0.717, 1.165) is 42.9 Å². The van der Waals surface area contributed by atoms with Crippen molar-refractivity contribution in [3.8, 4) is 17.2 Å². The minimum Gasteiger partial charge on any atom is -0.493 e. The molecule has 1 aliphatic carbocycles. The highest BCUT2D eigenvalue weighted by Gasteiger charge is 2.19. The number of rotatable bonds is 8. The Kier molecular flexibility index (Phi) is 4.08. The predicted molar refractivity (Wildman–Crippen MR) is 72.9 cm³/mol. The molecule has 0 aromatic heterocycles. The Morgan fingerprint density at radius 3 is 2.89 bits per heavy atom. The lowest BCUT2D eigenvalue weighted by molar-refractivity contribution is 0.173. The minimum absolute atomic E-state index is 0.312. The van der Waals surface area contributed by atoms with Crippen LogP contribution < -0.4 is 19.5 Å². The molecule has 19 heavy (non-hydrogen) atoms. The van der Waals surface area contributed by atoms with Crippen LogP contribution in [0.25, 0.3) is 0 Å². The van der Waals surface area contributed by atoms with Gasteiger partial charge in [0.05, 0.1) is 6.61 Å². The molecule has 0 radical (unpaired) electrons. The second kappa shape index (κ2) is 6.15. The van der Waals surface area contributed by atoms with Gasteiger partial charge in [-0.05, 0) is 50.8 Å². The summed E-state index contributed by atoms with van der Waals surface area (Å²) in [5.41, 5.74) is 0. The summed E-state index contributed by atoms with van der Waals surface area (Å²) in [4.78, 5) is 0. The Bertz CT molecular complexity index is 418. The fourth-order valence-corrected chi connectivity index (χ4v) is 2.15. The lowest BCUT2D eigenvalue weighted by atomic mass is 10.2. The molecule has 1 aromatic rings. The normalized spacial score (nSPS) is 16.6. The van der Waals surface area contributed by atoms with Crippen molar-refractivity contribution in [2.24, 2.45) is 0 Å². The molecule has 3 rings (SSSR count). The van der Waals surface area contributed by atoms with E-state index in [1.165, 1.54) is 25.7 Å². The monoisotopic (exact) mass is 263 g/mol. The van der Waals surface area contributed by atoms with E-state index in [0.29, 0.717) is 6.79 Å². The molecule has 1 N–H and O–H groups in total. The van der Waals surface area contributed by atoms with Gasteiger partial charge in [0.25, 0.3) is 0 Å². The maximum absolute atomic E-state index is 5.72. The highest BCUT2D eigenvalue weighted by molar-refractivity contribution is 5.46. The molecule has 2 aliphatic rings. The van der Waals surface area contributed by atoms with Crippen molar-refractivity contribution in [1.29, 1.82) is 0 Å². The summed E-state index contributed by atoms with van der Waals surface area (Å²) in [7, 11) is 0. The molecule has 4 heteroatoms. The zero-order valence-corrected chi connectivity index (χ0v) is 11.2. The van der Waals surface area contributed by atoms with E-state index in [4.69, 9.17) is 14.2 Å². The van der Waals surface area contributed by atoms with Gasteiger partial charge in [-0.25, -0.2) is 0 Å². The van der Waals surface area contributed by atoms with Gasteiger partial charge in [0, 0.05) is 12.1 Å². The number of hydrogen-bond acceptors (Lipinski definition) is 4. The van der Waals surface area contributed by atoms with Crippen LogP contribution in [-0.4, -0.2) is 26.0 Å². The zero-order chi connectivity index (χ0) is 12.9. The van der Waals surface area contributed by atoms with Gasteiger partial charge in [-0.15, -0.1) is 0 Å². The quantitative estimate of drug-likeness (QED) is 0.732. The molecule has 104 valence electrons. The van der Waals surface area contributed by atoms with Gasteiger partial charge in [0.15, 0.2) is 11.5 Å². The first-order valence-corrected chi connectivity index (χ1v) is 7.18. The third-order valence-electron chi connectivity index (χ3n) is 3.44. The van der Waals surface area contributed by atoms with Gasteiger partial charge in [0.2, 0.25) is 6.79 Å². The average molecular weight is 263 g/mol. The van der Waals surface area contributed by atoms with E-state index in [9.17, 15) is 0 Å². The summed E-state index contributed by atoms with van der Waals surface area (Å²) in [6.45, 7) is 2.23. The molecule has 0 spiro atoms. The first-order valence-electron chi connectivity index (χ1n) is 7.18. The van der Waals surface area contributed by atoms with Crippen molar-refractivity contribution in [1.82, 2.24) is 5.32 Å². The maximum atomic E-state index is 5.72. The second-order valence-electron chi connectivity index (χ2n) is 5.15. The maximum Gasteiger partial charge on any atom is 0.231 e. The van der Waals surface area contributed by atoms with E-state index in [2.05, 4.69) is 5.32 Å². The van der Waals surface area contributed by atoms with Gasteiger partial charge in [-0.2, -0.15) is 0 Å². The summed E-state index contributed by atoms with van der Waals surface area (Å²) < 4.78 is 16.3. The highest BCUT2D eigenvalue weighted by Crippen LogP contribution is 2.35. The fourth-order valence-electron chi connectivity index (χ4n) is 2.15. The molecule has 0 atom stereocenters. The van der Waals surface area contributed by atoms with Gasteiger partial charge in [0.1, 0.15) is 5.75 Å². The number of nitrogens with one attached hydrogen (secondary N) is 1. The van der Waals surface area contributed by atoms with Gasteiger partial charge >= 0.3 is 0 Å². The standard InChI is InChI=1S/C15H21NO3/c1(2-8-16-12-4-5-12)3-9-17-13-6-7-14-15(10-13)19-11-18-14/h6-7,10,12,16H,1-5,8-9,11H2. The van der Waals surface area contributed by atoms with Gasteiger partial charge < -0.3 is 19.5 Å². The van der Waals surface area contributed by atoms with Crippen molar-refractivity contribution in [3.63, 3.8) is 0 Å². The number of fused-ring (bicyclic) bond motifs is 1. The van der Waals surface area contributed by atoms with Crippen LogP contribution >= 0.6 is 0 Å². The Morgan fingerprint density at radius 1 is 1.11 bits per heavy atom. The highest BCUT2D eigenvalue weighted by atomic mass is 16.7. The molecular weight excluding hydrogens is 242 g/mol. The van der Waals surface area contributed by atoms with Gasteiger partial charge in [-0.1, -0.05) is 0 Å². The molecule has 1 aliphatic heterocycles. The fraction of sp³-hybridized carbons (Fsp3) is 0.600. The van der Waals surface area contributed by atoms with Crippen LogP contribution in [0, 0.1) is 0 Å². The number of ether oxygens (including phenoxy) is 3. The second-order valence-corrected chi connectivity index (χ2v) is 5.15. The molecule has 1 fully saturated rings. The van der Waals surface area contributed by atoms with Crippen molar-refractivity contribution in [3.05, 3.63) is 18.2 Å². The molecule has 1 aromatic carbocycles. The molecular formula is C15H21NO3. The number of hydrogen-bond donors (Lipinski definition) is 1. The summed E-state index contributed by atoms with van der Waals surface area (Å²) in [6.07, 6.45) is 6.28. The molecule has 4 nitrogen and oxygen atoms in total. The van der Waals surface area contributed by atoms with Gasteiger partial charge in [-0.3, -0.25) is 0 Å². The third-order valence-corrected chi connectivity index (χ3v) is 3.44. The Balaban J connectivity index is 1.29. The molecule has 1 saturated carbocycles. The van der Waals surface area contributed by atoms with Crippen molar-refractivity contribution >= 4 is 0 Å². The lowest BCUT2D eigenvalue weighted by Gasteiger charge is -2.07. The first kappa shape index (κ1) is 12.6. The molecule has 1 heterocycles. The SMILES string of the molecule is c1cc2c(cc1OCCCCCNC1CC1)OCO2.